The summed E-state index contributed by atoms with van der Waals surface area (Å²) < 4.78 is 0. The molecule has 0 atom stereocenters. The molecule has 0 heterocycles. The molecular formula is C15H30N2. The Morgan fingerprint density at radius 2 is 1.59 bits per heavy atom. The number of nitrogens with zero attached hydrogens (tertiary/aromatic N) is 1. The van der Waals surface area contributed by atoms with E-state index in [1.165, 1.54) is 64.3 Å². The van der Waals surface area contributed by atoms with Crippen molar-refractivity contribution in [2.24, 2.45) is 17.1 Å². The van der Waals surface area contributed by atoms with Crippen LogP contribution in [0.4, 0.5) is 0 Å². The average Bonchev–Trinajstić information content (AvgIpc) is 2.33. The van der Waals surface area contributed by atoms with Crippen LogP contribution in [0.15, 0.2) is 0 Å². The summed E-state index contributed by atoms with van der Waals surface area (Å²) in [6.45, 7) is 1.28. The number of hydrogen-bond donors (Lipinski definition) is 1. The van der Waals surface area contributed by atoms with Gasteiger partial charge in [0.25, 0.3) is 0 Å². The molecule has 0 bridgehead atoms. The zero-order valence-corrected chi connectivity index (χ0v) is 11.8. The summed E-state index contributed by atoms with van der Waals surface area (Å²) in [5.41, 5.74) is 6.70. The molecule has 0 aromatic heterocycles. The van der Waals surface area contributed by atoms with Crippen molar-refractivity contribution in [3.05, 3.63) is 0 Å². The number of rotatable bonds is 3. The molecule has 0 unspecified atom stereocenters. The standard InChI is InChI=1S/C15H30N2/c1-17(2)12-15(10-8-14(16)9-11-15)13-6-4-3-5-7-13/h13-14H,3-12,16H2,1-2H3. The van der Waals surface area contributed by atoms with Crippen LogP contribution in [-0.2, 0) is 0 Å². The monoisotopic (exact) mass is 238 g/mol. The van der Waals surface area contributed by atoms with E-state index in [0.29, 0.717) is 11.5 Å². The molecular weight excluding hydrogens is 208 g/mol. The van der Waals surface area contributed by atoms with Crippen LogP contribution in [0.5, 0.6) is 0 Å². The quantitative estimate of drug-likeness (QED) is 0.819. The van der Waals surface area contributed by atoms with Crippen LogP contribution in [0.25, 0.3) is 0 Å². The first-order valence-corrected chi connectivity index (χ1v) is 7.53. The van der Waals surface area contributed by atoms with Gasteiger partial charge in [0.15, 0.2) is 0 Å². The van der Waals surface area contributed by atoms with E-state index in [1.807, 2.05) is 0 Å². The first kappa shape index (κ1) is 13.4. The minimum atomic E-state index is 0.480. The fraction of sp³-hybridized carbons (Fsp3) is 1.00. The Bertz CT molecular complexity index is 223. The average molecular weight is 238 g/mol. The molecule has 2 rings (SSSR count). The van der Waals surface area contributed by atoms with Gasteiger partial charge in [0, 0.05) is 12.6 Å². The minimum absolute atomic E-state index is 0.480. The van der Waals surface area contributed by atoms with Crippen LogP contribution >= 0.6 is 0 Å². The Kier molecular flexibility index (Phi) is 4.48. The Balaban J connectivity index is 2.05. The molecule has 2 saturated carbocycles. The SMILES string of the molecule is CN(C)CC1(C2CCCCC2)CCC(N)CC1. The smallest absolute Gasteiger partial charge is 0.00392 e. The van der Waals surface area contributed by atoms with Crippen LogP contribution in [0, 0.1) is 11.3 Å². The fourth-order valence-corrected chi connectivity index (χ4v) is 4.26. The highest BCUT2D eigenvalue weighted by molar-refractivity contribution is 4.94. The molecule has 0 aromatic rings. The van der Waals surface area contributed by atoms with Gasteiger partial charge < -0.3 is 10.6 Å². The summed E-state index contributed by atoms with van der Waals surface area (Å²) >= 11 is 0. The molecule has 2 aliphatic rings. The number of hydrogen-bond acceptors (Lipinski definition) is 2. The molecule has 0 amide bonds. The summed E-state index contributed by atoms with van der Waals surface area (Å²) in [6, 6.07) is 0.480. The van der Waals surface area contributed by atoms with Gasteiger partial charge in [-0.15, -0.1) is 0 Å². The van der Waals surface area contributed by atoms with Crippen molar-refractivity contribution in [3.8, 4) is 0 Å². The Morgan fingerprint density at radius 1 is 1.00 bits per heavy atom. The third-order valence-electron chi connectivity index (χ3n) is 5.13. The largest absolute Gasteiger partial charge is 0.328 e. The van der Waals surface area contributed by atoms with Crippen molar-refractivity contribution in [2.75, 3.05) is 20.6 Å². The Labute approximate surface area is 107 Å². The van der Waals surface area contributed by atoms with Crippen molar-refractivity contribution >= 4 is 0 Å². The zero-order chi connectivity index (χ0) is 12.3. The van der Waals surface area contributed by atoms with Crippen LogP contribution in [0.3, 0.4) is 0 Å². The maximum absolute atomic E-state index is 6.10. The second kappa shape index (κ2) is 5.71. The minimum Gasteiger partial charge on any atom is -0.328 e. The predicted octanol–water partition coefficient (Wildman–Crippen LogP) is 3.02. The predicted molar refractivity (Wildman–Crippen MR) is 74.0 cm³/mol. The van der Waals surface area contributed by atoms with Gasteiger partial charge in [-0.3, -0.25) is 0 Å². The molecule has 0 radical (unpaired) electrons. The molecule has 0 aliphatic heterocycles. The maximum Gasteiger partial charge on any atom is 0.00392 e. The summed E-state index contributed by atoms with van der Waals surface area (Å²) in [5, 5.41) is 0. The molecule has 0 aromatic carbocycles. The van der Waals surface area contributed by atoms with E-state index < -0.39 is 0 Å². The van der Waals surface area contributed by atoms with Crippen molar-refractivity contribution in [3.63, 3.8) is 0 Å². The van der Waals surface area contributed by atoms with E-state index >= 15 is 0 Å². The highest BCUT2D eigenvalue weighted by Crippen LogP contribution is 2.48. The molecule has 17 heavy (non-hydrogen) atoms. The van der Waals surface area contributed by atoms with Crippen molar-refractivity contribution in [2.45, 2.75) is 63.8 Å². The van der Waals surface area contributed by atoms with Gasteiger partial charge >= 0.3 is 0 Å². The van der Waals surface area contributed by atoms with Crippen LogP contribution < -0.4 is 5.73 Å². The van der Waals surface area contributed by atoms with E-state index in [0.717, 1.165) is 5.92 Å². The van der Waals surface area contributed by atoms with Gasteiger partial charge in [-0.2, -0.15) is 0 Å². The van der Waals surface area contributed by atoms with Crippen molar-refractivity contribution in [1.82, 2.24) is 4.90 Å². The molecule has 100 valence electrons. The lowest BCUT2D eigenvalue weighted by molar-refractivity contribution is 0.0342. The van der Waals surface area contributed by atoms with Gasteiger partial charge in [0.2, 0.25) is 0 Å². The number of nitrogens with two attached hydrogens (primary N) is 1. The van der Waals surface area contributed by atoms with Crippen LogP contribution in [0.2, 0.25) is 0 Å². The molecule has 2 nitrogen and oxygen atoms in total. The van der Waals surface area contributed by atoms with Crippen LogP contribution in [0.1, 0.15) is 57.8 Å². The van der Waals surface area contributed by atoms with E-state index in [9.17, 15) is 0 Å². The lowest BCUT2D eigenvalue weighted by Crippen LogP contribution is -2.45. The van der Waals surface area contributed by atoms with Gasteiger partial charge in [0.05, 0.1) is 0 Å². The van der Waals surface area contributed by atoms with Gasteiger partial charge in [-0.05, 0) is 64.0 Å². The van der Waals surface area contributed by atoms with Gasteiger partial charge in [-0.1, -0.05) is 19.3 Å². The molecule has 2 aliphatic carbocycles. The first-order valence-electron chi connectivity index (χ1n) is 7.53. The summed E-state index contributed by atoms with van der Waals surface area (Å²) in [5.74, 6) is 0.978. The topological polar surface area (TPSA) is 29.3 Å². The summed E-state index contributed by atoms with van der Waals surface area (Å²) in [6.07, 6.45) is 12.6. The molecule has 2 N–H and O–H groups in total. The molecule has 0 saturated heterocycles. The Morgan fingerprint density at radius 3 is 2.12 bits per heavy atom. The lowest BCUT2D eigenvalue weighted by Gasteiger charge is -2.48. The first-order chi connectivity index (χ1) is 8.12. The third-order valence-corrected chi connectivity index (χ3v) is 5.13. The van der Waals surface area contributed by atoms with Gasteiger partial charge in [-0.25, -0.2) is 0 Å². The third kappa shape index (κ3) is 3.23. The molecule has 2 heteroatoms. The lowest BCUT2D eigenvalue weighted by atomic mass is 9.61. The Hall–Kier alpha value is -0.0800. The van der Waals surface area contributed by atoms with Crippen molar-refractivity contribution in [1.29, 1.82) is 0 Å². The maximum atomic E-state index is 6.10. The van der Waals surface area contributed by atoms with Crippen LogP contribution in [-0.4, -0.2) is 31.6 Å². The fourth-order valence-electron chi connectivity index (χ4n) is 4.26. The summed E-state index contributed by atoms with van der Waals surface area (Å²) in [7, 11) is 4.47. The second-order valence-electron chi connectivity index (χ2n) is 6.77. The van der Waals surface area contributed by atoms with Crippen molar-refractivity contribution < 1.29 is 0 Å². The summed E-state index contributed by atoms with van der Waals surface area (Å²) in [4.78, 5) is 2.41. The van der Waals surface area contributed by atoms with E-state index in [4.69, 9.17) is 5.73 Å². The van der Waals surface area contributed by atoms with E-state index in [1.54, 1.807) is 0 Å². The van der Waals surface area contributed by atoms with E-state index in [-0.39, 0.29) is 0 Å². The highest BCUT2D eigenvalue weighted by Gasteiger charge is 2.41. The van der Waals surface area contributed by atoms with Gasteiger partial charge in [0.1, 0.15) is 0 Å². The highest BCUT2D eigenvalue weighted by atomic mass is 15.1. The second-order valence-corrected chi connectivity index (χ2v) is 6.77. The zero-order valence-electron chi connectivity index (χ0n) is 11.8. The molecule has 0 spiro atoms. The van der Waals surface area contributed by atoms with E-state index in [2.05, 4.69) is 19.0 Å². The molecule has 2 fully saturated rings. The normalized spacial score (nSPS) is 36.4.